The summed E-state index contributed by atoms with van der Waals surface area (Å²) in [6.07, 6.45) is 1.98. The maximum atomic E-state index is 12.0. The third kappa shape index (κ3) is 4.06. The molecule has 1 aliphatic heterocycles. The van der Waals surface area contributed by atoms with Gasteiger partial charge in [-0.05, 0) is 37.0 Å². The van der Waals surface area contributed by atoms with Crippen LogP contribution in [0.2, 0.25) is 0 Å². The van der Waals surface area contributed by atoms with E-state index >= 15 is 0 Å². The van der Waals surface area contributed by atoms with Gasteiger partial charge in [0.15, 0.2) is 6.61 Å². The second kappa shape index (κ2) is 6.89. The van der Waals surface area contributed by atoms with E-state index in [1.807, 2.05) is 6.07 Å². The SMILES string of the molecule is CC1CCN(C(=O)COC(=O)c2cccc(C#N)c2)CC1. The van der Waals surface area contributed by atoms with Crippen LogP contribution in [0.3, 0.4) is 0 Å². The van der Waals surface area contributed by atoms with Gasteiger partial charge >= 0.3 is 5.97 Å². The van der Waals surface area contributed by atoms with Crippen LogP contribution in [0.4, 0.5) is 0 Å². The smallest absolute Gasteiger partial charge is 0.338 e. The van der Waals surface area contributed by atoms with Gasteiger partial charge in [-0.2, -0.15) is 5.26 Å². The average Bonchev–Trinajstić information content (AvgIpc) is 2.53. The number of carbonyl (C=O) groups excluding carboxylic acids is 2. The minimum absolute atomic E-state index is 0.160. The van der Waals surface area contributed by atoms with Gasteiger partial charge in [0.2, 0.25) is 0 Å². The molecule has 1 saturated heterocycles. The molecule has 1 heterocycles. The number of ether oxygens (including phenoxy) is 1. The number of hydrogen-bond acceptors (Lipinski definition) is 4. The molecule has 0 saturated carbocycles. The number of hydrogen-bond donors (Lipinski definition) is 0. The maximum Gasteiger partial charge on any atom is 0.338 e. The van der Waals surface area contributed by atoms with Crippen LogP contribution in [0.15, 0.2) is 24.3 Å². The molecule has 5 nitrogen and oxygen atoms in total. The van der Waals surface area contributed by atoms with Crippen LogP contribution in [0.5, 0.6) is 0 Å². The van der Waals surface area contributed by atoms with Crippen LogP contribution in [0.25, 0.3) is 0 Å². The van der Waals surface area contributed by atoms with E-state index in [-0.39, 0.29) is 18.1 Å². The number of amides is 1. The van der Waals surface area contributed by atoms with Gasteiger partial charge in [-0.3, -0.25) is 4.79 Å². The molecule has 0 aliphatic carbocycles. The van der Waals surface area contributed by atoms with Gasteiger partial charge in [-0.25, -0.2) is 4.79 Å². The van der Waals surface area contributed by atoms with Crippen molar-refractivity contribution in [3.05, 3.63) is 35.4 Å². The molecular formula is C16H18N2O3. The topological polar surface area (TPSA) is 70.4 Å². The van der Waals surface area contributed by atoms with Gasteiger partial charge in [-0.1, -0.05) is 13.0 Å². The molecule has 5 heteroatoms. The Morgan fingerprint density at radius 3 is 2.76 bits per heavy atom. The summed E-state index contributed by atoms with van der Waals surface area (Å²) in [4.78, 5) is 25.5. The molecule has 1 fully saturated rings. The van der Waals surface area contributed by atoms with Crippen molar-refractivity contribution >= 4 is 11.9 Å². The summed E-state index contributed by atoms with van der Waals surface area (Å²) in [7, 11) is 0. The molecule has 0 N–H and O–H groups in total. The van der Waals surface area contributed by atoms with Gasteiger partial charge in [0, 0.05) is 13.1 Å². The van der Waals surface area contributed by atoms with E-state index < -0.39 is 5.97 Å². The van der Waals surface area contributed by atoms with Gasteiger partial charge in [0.25, 0.3) is 5.91 Å². The molecule has 1 aromatic carbocycles. The van der Waals surface area contributed by atoms with Crippen LogP contribution in [-0.2, 0) is 9.53 Å². The monoisotopic (exact) mass is 286 g/mol. The molecule has 0 aromatic heterocycles. The molecule has 0 atom stereocenters. The van der Waals surface area contributed by atoms with Crippen molar-refractivity contribution < 1.29 is 14.3 Å². The highest BCUT2D eigenvalue weighted by atomic mass is 16.5. The van der Waals surface area contributed by atoms with Crippen molar-refractivity contribution in [2.75, 3.05) is 19.7 Å². The summed E-state index contributed by atoms with van der Waals surface area (Å²) in [6.45, 7) is 3.37. The summed E-state index contributed by atoms with van der Waals surface area (Å²) < 4.78 is 5.03. The Morgan fingerprint density at radius 1 is 1.38 bits per heavy atom. The fraction of sp³-hybridized carbons (Fsp3) is 0.438. The number of nitrogens with zero attached hydrogens (tertiary/aromatic N) is 2. The molecule has 0 bridgehead atoms. The minimum atomic E-state index is -0.578. The van der Waals surface area contributed by atoms with Gasteiger partial charge in [-0.15, -0.1) is 0 Å². The van der Waals surface area contributed by atoms with Crippen LogP contribution in [-0.4, -0.2) is 36.5 Å². The summed E-state index contributed by atoms with van der Waals surface area (Å²) in [6, 6.07) is 8.20. The van der Waals surface area contributed by atoms with E-state index in [0.29, 0.717) is 11.5 Å². The second-order valence-electron chi connectivity index (χ2n) is 5.33. The molecule has 1 aliphatic rings. The largest absolute Gasteiger partial charge is 0.452 e. The van der Waals surface area contributed by atoms with Crippen LogP contribution in [0, 0.1) is 17.2 Å². The lowest BCUT2D eigenvalue weighted by molar-refractivity contribution is -0.135. The molecule has 0 unspecified atom stereocenters. The number of esters is 1. The molecule has 21 heavy (non-hydrogen) atoms. The predicted octanol–water partition coefficient (Wildman–Crippen LogP) is 1.97. The Bertz CT molecular complexity index is 569. The van der Waals surface area contributed by atoms with Gasteiger partial charge in [0.05, 0.1) is 17.2 Å². The van der Waals surface area contributed by atoms with Crippen molar-refractivity contribution in [3.8, 4) is 6.07 Å². The quantitative estimate of drug-likeness (QED) is 0.797. The summed E-state index contributed by atoms with van der Waals surface area (Å²) in [5.41, 5.74) is 0.676. The molecular weight excluding hydrogens is 268 g/mol. The Kier molecular flexibility index (Phi) is 4.94. The Balaban J connectivity index is 1.86. The Hall–Kier alpha value is -2.35. The van der Waals surface area contributed by atoms with Crippen molar-refractivity contribution in [3.63, 3.8) is 0 Å². The lowest BCUT2D eigenvalue weighted by atomic mass is 9.99. The normalized spacial score (nSPS) is 15.3. The third-order valence-corrected chi connectivity index (χ3v) is 3.69. The molecule has 1 amide bonds. The van der Waals surface area contributed by atoms with Gasteiger partial charge < -0.3 is 9.64 Å². The number of nitriles is 1. The Labute approximate surface area is 124 Å². The van der Waals surface area contributed by atoms with E-state index in [2.05, 4.69) is 6.92 Å². The number of piperidine rings is 1. The zero-order valence-corrected chi connectivity index (χ0v) is 12.0. The van der Waals surface area contributed by atoms with E-state index in [0.717, 1.165) is 25.9 Å². The maximum absolute atomic E-state index is 12.0. The average molecular weight is 286 g/mol. The van der Waals surface area contributed by atoms with Crippen LogP contribution < -0.4 is 0 Å². The van der Waals surface area contributed by atoms with Crippen molar-refractivity contribution in [2.24, 2.45) is 5.92 Å². The highest BCUT2D eigenvalue weighted by Gasteiger charge is 2.21. The number of likely N-dealkylation sites (tertiary alicyclic amines) is 1. The first-order valence-corrected chi connectivity index (χ1v) is 7.05. The lowest BCUT2D eigenvalue weighted by Crippen LogP contribution is -2.40. The number of benzene rings is 1. The van der Waals surface area contributed by atoms with Crippen molar-refractivity contribution in [1.82, 2.24) is 4.90 Å². The second-order valence-corrected chi connectivity index (χ2v) is 5.33. The fourth-order valence-corrected chi connectivity index (χ4v) is 2.28. The van der Waals surface area contributed by atoms with Crippen molar-refractivity contribution in [1.29, 1.82) is 5.26 Å². The van der Waals surface area contributed by atoms with Crippen molar-refractivity contribution in [2.45, 2.75) is 19.8 Å². The lowest BCUT2D eigenvalue weighted by Gasteiger charge is -2.30. The van der Waals surface area contributed by atoms with E-state index in [4.69, 9.17) is 10.00 Å². The summed E-state index contributed by atoms with van der Waals surface area (Å²) in [5.74, 6) is -0.0946. The first kappa shape index (κ1) is 15.0. The third-order valence-electron chi connectivity index (χ3n) is 3.69. The van der Waals surface area contributed by atoms with E-state index in [9.17, 15) is 9.59 Å². The minimum Gasteiger partial charge on any atom is -0.452 e. The summed E-state index contributed by atoms with van der Waals surface area (Å²) >= 11 is 0. The zero-order valence-electron chi connectivity index (χ0n) is 12.0. The highest BCUT2D eigenvalue weighted by molar-refractivity contribution is 5.91. The molecule has 0 spiro atoms. The highest BCUT2D eigenvalue weighted by Crippen LogP contribution is 2.16. The molecule has 1 aromatic rings. The van der Waals surface area contributed by atoms with E-state index in [1.54, 1.807) is 23.1 Å². The first-order valence-electron chi connectivity index (χ1n) is 7.05. The standard InChI is InChI=1S/C16H18N2O3/c1-12-5-7-18(8-6-12)15(19)11-21-16(20)14-4-2-3-13(9-14)10-17/h2-4,9,12H,5-8,11H2,1H3. The first-order chi connectivity index (χ1) is 10.1. The molecule has 110 valence electrons. The molecule has 2 rings (SSSR count). The van der Waals surface area contributed by atoms with Crippen LogP contribution in [0.1, 0.15) is 35.7 Å². The molecule has 0 radical (unpaired) electrons. The Morgan fingerprint density at radius 2 is 2.10 bits per heavy atom. The number of rotatable bonds is 3. The summed E-state index contributed by atoms with van der Waals surface area (Å²) in [5, 5.41) is 8.79. The van der Waals surface area contributed by atoms with Gasteiger partial charge in [0.1, 0.15) is 0 Å². The number of carbonyl (C=O) groups is 2. The van der Waals surface area contributed by atoms with Crippen LogP contribution >= 0.6 is 0 Å². The predicted molar refractivity (Wildman–Crippen MR) is 76.4 cm³/mol. The fourth-order valence-electron chi connectivity index (χ4n) is 2.28. The zero-order chi connectivity index (χ0) is 15.2. The van der Waals surface area contributed by atoms with E-state index in [1.165, 1.54) is 6.07 Å².